The zero-order valence-electron chi connectivity index (χ0n) is 15.3. The molecule has 2 nitrogen and oxygen atoms in total. The Morgan fingerprint density at radius 2 is 1.92 bits per heavy atom. The van der Waals surface area contributed by atoms with Crippen molar-refractivity contribution in [1.82, 2.24) is 0 Å². The van der Waals surface area contributed by atoms with E-state index in [2.05, 4.69) is 73.8 Å². The molecule has 1 aliphatic heterocycles. The lowest BCUT2D eigenvalue weighted by atomic mass is 9.75. The maximum absolute atomic E-state index is 5.61. The summed E-state index contributed by atoms with van der Waals surface area (Å²) >= 11 is 0. The van der Waals surface area contributed by atoms with E-state index in [-0.39, 0.29) is 0 Å². The highest BCUT2D eigenvalue weighted by molar-refractivity contribution is 5.65. The van der Waals surface area contributed by atoms with E-state index >= 15 is 0 Å². The number of hydrogen-bond acceptors (Lipinski definition) is 2. The first-order chi connectivity index (χ1) is 12.2. The molecule has 0 radical (unpaired) electrons. The summed E-state index contributed by atoms with van der Waals surface area (Å²) in [6.07, 6.45) is 5.91. The van der Waals surface area contributed by atoms with E-state index in [0.29, 0.717) is 30.4 Å². The highest BCUT2D eigenvalue weighted by Gasteiger charge is 2.38. The molecule has 0 fully saturated rings. The number of fused-ring (bicyclic) bond motifs is 3. The van der Waals surface area contributed by atoms with Crippen LogP contribution in [0.4, 0.5) is 5.69 Å². The molecular weight excluding hydrogens is 306 g/mol. The summed E-state index contributed by atoms with van der Waals surface area (Å²) in [5.41, 5.74) is 5.59. The Labute approximate surface area is 150 Å². The van der Waals surface area contributed by atoms with E-state index in [9.17, 15) is 0 Å². The van der Waals surface area contributed by atoms with Crippen LogP contribution in [0.25, 0.3) is 0 Å². The molecule has 0 saturated carbocycles. The lowest BCUT2D eigenvalue weighted by Crippen LogP contribution is -2.29. The average Bonchev–Trinajstić information content (AvgIpc) is 3.11. The van der Waals surface area contributed by atoms with Crippen LogP contribution >= 0.6 is 0 Å². The van der Waals surface area contributed by atoms with Crippen LogP contribution in [0.1, 0.15) is 61.8 Å². The highest BCUT2D eigenvalue weighted by atomic mass is 16.5. The predicted octanol–water partition coefficient (Wildman–Crippen LogP) is 6.04. The second-order valence-corrected chi connectivity index (χ2v) is 7.44. The second-order valence-electron chi connectivity index (χ2n) is 7.44. The summed E-state index contributed by atoms with van der Waals surface area (Å²) in [7, 11) is 0. The van der Waals surface area contributed by atoms with Crippen LogP contribution in [-0.2, 0) is 0 Å². The Bertz CT molecular complexity index is 775. The summed E-state index contributed by atoms with van der Waals surface area (Å²) in [5, 5.41) is 3.91. The summed E-state index contributed by atoms with van der Waals surface area (Å²) in [4.78, 5) is 0. The molecule has 0 saturated heterocycles. The van der Waals surface area contributed by atoms with Gasteiger partial charge < -0.3 is 10.1 Å². The van der Waals surface area contributed by atoms with E-state index in [1.54, 1.807) is 0 Å². The Morgan fingerprint density at radius 1 is 1.12 bits per heavy atom. The minimum Gasteiger partial charge on any atom is -0.494 e. The highest BCUT2D eigenvalue weighted by Crippen LogP contribution is 2.51. The zero-order valence-corrected chi connectivity index (χ0v) is 15.3. The predicted molar refractivity (Wildman–Crippen MR) is 104 cm³/mol. The van der Waals surface area contributed by atoms with Gasteiger partial charge in [-0.1, -0.05) is 56.3 Å². The normalized spacial score (nSPS) is 23.9. The van der Waals surface area contributed by atoms with E-state index in [1.807, 2.05) is 6.92 Å². The molecule has 1 N–H and O–H groups in total. The Balaban J connectivity index is 1.73. The number of benzene rings is 2. The molecule has 2 heteroatoms. The van der Waals surface area contributed by atoms with Gasteiger partial charge in [-0.05, 0) is 54.0 Å². The molecule has 0 aromatic heterocycles. The van der Waals surface area contributed by atoms with E-state index in [1.165, 1.54) is 22.4 Å². The molecule has 2 aromatic carbocycles. The minimum absolute atomic E-state index is 0.350. The van der Waals surface area contributed by atoms with Crippen molar-refractivity contribution in [3.63, 3.8) is 0 Å². The van der Waals surface area contributed by atoms with Crippen molar-refractivity contribution in [3.8, 4) is 5.75 Å². The minimum atomic E-state index is 0.350. The van der Waals surface area contributed by atoms with Crippen molar-refractivity contribution in [2.24, 2.45) is 5.92 Å². The number of anilines is 1. The van der Waals surface area contributed by atoms with Crippen molar-refractivity contribution in [3.05, 3.63) is 71.3 Å². The third-order valence-corrected chi connectivity index (χ3v) is 5.60. The molecule has 0 bridgehead atoms. The van der Waals surface area contributed by atoms with Gasteiger partial charge in [0.15, 0.2) is 0 Å². The van der Waals surface area contributed by atoms with Gasteiger partial charge in [-0.15, -0.1) is 0 Å². The number of ether oxygens (including phenoxy) is 1. The number of rotatable bonds is 4. The SMILES string of the molecule is CCOc1ccc(C2Nc3c(C(C)C)cccc3C3C=CCC32)cc1. The van der Waals surface area contributed by atoms with Crippen molar-refractivity contribution in [2.75, 3.05) is 11.9 Å². The first kappa shape index (κ1) is 16.3. The number of hydrogen-bond donors (Lipinski definition) is 1. The number of nitrogens with one attached hydrogen (secondary N) is 1. The third kappa shape index (κ3) is 2.84. The largest absolute Gasteiger partial charge is 0.494 e. The van der Waals surface area contributed by atoms with Crippen LogP contribution in [-0.4, -0.2) is 6.61 Å². The van der Waals surface area contributed by atoms with Gasteiger partial charge in [0, 0.05) is 11.6 Å². The number of allylic oxidation sites excluding steroid dienone is 2. The van der Waals surface area contributed by atoms with Gasteiger partial charge in [-0.25, -0.2) is 0 Å². The molecule has 2 aromatic rings. The Hall–Kier alpha value is -2.22. The topological polar surface area (TPSA) is 21.3 Å². The van der Waals surface area contributed by atoms with Gasteiger partial charge >= 0.3 is 0 Å². The van der Waals surface area contributed by atoms with Gasteiger partial charge in [0.2, 0.25) is 0 Å². The van der Waals surface area contributed by atoms with Gasteiger partial charge in [0.05, 0.1) is 12.6 Å². The lowest BCUT2D eigenvalue weighted by molar-refractivity contribution is 0.340. The summed E-state index contributed by atoms with van der Waals surface area (Å²) in [5.74, 6) is 2.58. The van der Waals surface area contributed by atoms with Gasteiger partial charge in [0.25, 0.3) is 0 Å². The van der Waals surface area contributed by atoms with Crippen LogP contribution in [0.5, 0.6) is 5.75 Å². The summed E-state index contributed by atoms with van der Waals surface area (Å²) in [6, 6.07) is 15.8. The number of para-hydroxylation sites is 1. The average molecular weight is 333 g/mol. The first-order valence-electron chi connectivity index (χ1n) is 9.47. The fourth-order valence-corrected chi connectivity index (χ4v) is 4.39. The van der Waals surface area contributed by atoms with Crippen LogP contribution in [0.3, 0.4) is 0 Å². The van der Waals surface area contributed by atoms with Crippen molar-refractivity contribution < 1.29 is 4.74 Å². The molecular formula is C23H27NO. The van der Waals surface area contributed by atoms with E-state index in [4.69, 9.17) is 4.74 Å². The maximum atomic E-state index is 5.61. The quantitative estimate of drug-likeness (QED) is 0.689. The fraction of sp³-hybridized carbons (Fsp3) is 0.391. The van der Waals surface area contributed by atoms with Crippen molar-refractivity contribution in [1.29, 1.82) is 0 Å². The second kappa shape index (κ2) is 6.59. The summed E-state index contributed by atoms with van der Waals surface area (Å²) in [6.45, 7) is 7.29. The van der Waals surface area contributed by atoms with E-state index < -0.39 is 0 Å². The fourth-order valence-electron chi connectivity index (χ4n) is 4.39. The van der Waals surface area contributed by atoms with Crippen LogP contribution < -0.4 is 10.1 Å². The monoisotopic (exact) mass is 333 g/mol. The zero-order chi connectivity index (χ0) is 17.4. The molecule has 2 aliphatic rings. The maximum Gasteiger partial charge on any atom is 0.119 e. The molecule has 3 atom stereocenters. The van der Waals surface area contributed by atoms with Crippen LogP contribution in [0.2, 0.25) is 0 Å². The molecule has 3 unspecified atom stereocenters. The standard InChI is InChI=1S/C23H27NO/c1-4-25-17-13-11-16(12-14-17)22-20-9-6-8-19(20)21-10-5-7-18(15(2)3)23(21)24-22/h5-8,10-15,19-20,22,24H,4,9H2,1-3H3. The van der Waals surface area contributed by atoms with E-state index in [0.717, 1.165) is 12.2 Å². The van der Waals surface area contributed by atoms with Gasteiger partial charge in [0.1, 0.15) is 5.75 Å². The molecule has 25 heavy (non-hydrogen) atoms. The lowest BCUT2D eigenvalue weighted by Gasteiger charge is -2.39. The van der Waals surface area contributed by atoms with Gasteiger partial charge in [-0.2, -0.15) is 0 Å². The molecule has 4 rings (SSSR count). The van der Waals surface area contributed by atoms with Crippen LogP contribution in [0.15, 0.2) is 54.6 Å². The molecule has 130 valence electrons. The van der Waals surface area contributed by atoms with Gasteiger partial charge in [-0.3, -0.25) is 0 Å². The first-order valence-corrected chi connectivity index (χ1v) is 9.47. The Kier molecular flexibility index (Phi) is 4.29. The van der Waals surface area contributed by atoms with Crippen molar-refractivity contribution >= 4 is 5.69 Å². The van der Waals surface area contributed by atoms with Crippen LogP contribution in [0, 0.1) is 5.92 Å². The molecule has 0 spiro atoms. The third-order valence-electron chi connectivity index (χ3n) is 5.60. The molecule has 1 aliphatic carbocycles. The summed E-state index contributed by atoms with van der Waals surface area (Å²) < 4.78 is 5.61. The molecule has 0 amide bonds. The molecule has 1 heterocycles. The smallest absolute Gasteiger partial charge is 0.119 e. The van der Waals surface area contributed by atoms with Crippen molar-refractivity contribution in [2.45, 2.75) is 45.1 Å². The Morgan fingerprint density at radius 3 is 2.64 bits per heavy atom.